The fourth-order valence-electron chi connectivity index (χ4n) is 2.46. The van der Waals surface area contributed by atoms with Crippen molar-refractivity contribution in [3.63, 3.8) is 0 Å². The SMILES string of the molecule is O=C(NCc1csc(NSC2CC2)n1)c1ccc(-c2cncc(C(F)(F)F)n2)cc1. The second-order valence-corrected chi connectivity index (χ2v) is 8.58. The van der Waals surface area contributed by atoms with Crippen LogP contribution >= 0.6 is 23.3 Å². The monoisotopic (exact) mass is 451 g/mol. The first-order valence-electron chi connectivity index (χ1n) is 9.02. The molecule has 1 saturated carbocycles. The van der Waals surface area contributed by atoms with Crippen molar-refractivity contribution in [2.24, 2.45) is 0 Å². The first-order chi connectivity index (χ1) is 14.4. The maximum atomic E-state index is 12.8. The molecule has 11 heteroatoms. The molecule has 4 rings (SSSR count). The Kier molecular flexibility index (Phi) is 5.91. The predicted octanol–water partition coefficient (Wildman–Crippen LogP) is 4.77. The van der Waals surface area contributed by atoms with Crippen LogP contribution in [0.5, 0.6) is 0 Å². The van der Waals surface area contributed by atoms with Gasteiger partial charge in [-0.2, -0.15) is 13.2 Å². The van der Waals surface area contributed by atoms with Crippen molar-refractivity contribution in [1.29, 1.82) is 0 Å². The number of rotatable bonds is 7. The fourth-order valence-corrected chi connectivity index (χ4v) is 4.04. The Morgan fingerprint density at radius 1 is 1.17 bits per heavy atom. The summed E-state index contributed by atoms with van der Waals surface area (Å²) in [4.78, 5) is 24.0. The smallest absolute Gasteiger partial charge is 0.346 e. The number of nitrogens with one attached hydrogen (secondary N) is 2. The van der Waals surface area contributed by atoms with Crippen molar-refractivity contribution >= 4 is 34.3 Å². The number of carbonyl (C=O) groups is 1. The number of anilines is 1. The molecule has 0 saturated heterocycles. The highest BCUT2D eigenvalue weighted by Crippen LogP contribution is 2.35. The Morgan fingerprint density at radius 3 is 2.63 bits per heavy atom. The Bertz CT molecular complexity index is 1040. The van der Waals surface area contributed by atoms with Crippen molar-refractivity contribution in [2.45, 2.75) is 30.8 Å². The Balaban J connectivity index is 1.35. The summed E-state index contributed by atoms with van der Waals surface area (Å²) in [6.07, 6.45) is -0.185. The number of aromatic nitrogens is 3. The van der Waals surface area contributed by atoms with Crippen LogP contribution in [0, 0.1) is 0 Å². The fraction of sp³-hybridized carbons (Fsp3) is 0.263. The van der Waals surface area contributed by atoms with Gasteiger partial charge < -0.3 is 10.0 Å². The van der Waals surface area contributed by atoms with Crippen LogP contribution in [0.2, 0.25) is 0 Å². The van der Waals surface area contributed by atoms with Crippen LogP contribution in [0.4, 0.5) is 18.3 Å². The molecule has 1 amide bonds. The third-order valence-electron chi connectivity index (χ3n) is 4.19. The normalized spacial score (nSPS) is 13.8. The minimum Gasteiger partial charge on any atom is -0.346 e. The van der Waals surface area contributed by atoms with Crippen molar-refractivity contribution in [2.75, 3.05) is 4.72 Å². The summed E-state index contributed by atoms with van der Waals surface area (Å²) in [6, 6.07) is 6.15. The number of alkyl halides is 3. The zero-order valence-corrected chi connectivity index (χ0v) is 17.1. The van der Waals surface area contributed by atoms with Crippen LogP contribution in [0.25, 0.3) is 11.3 Å². The van der Waals surface area contributed by atoms with Gasteiger partial charge in [0.1, 0.15) is 0 Å². The van der Waals surface area contributed by atoms with Crippen molar-refractivity contribution in [1.82, 2.24) is 20.3 Å². The second kappa shape index (κ2) is 8.60. The van der Waals surface area contributed by atoms with Crippen LogP contribution in [-0.4, -0.2) is 26.1 Å². The van der Waals surface area contributed by atoms with Crippen LogP contribution < -0.4 is 10.0 Å². The third-order valence-corrected chi connectivity index (χ3v) is 6.24. The lowest BCUT2D eigenvalue weighted by Crippen LogP contribution is -2.22. The molecule has 1 aliphatic carbocycles. The molecule has 3 aromatic rings. The number of amides is 1. The molecule has 6 nitrogen and oxygen atoms in total. The highest BCUT2D eigenvalue weighted by atomic mass is 32.2. The summed E-state index contributed by atoms with van der Waals surface area (Å²) in [5, 5.41) is 6.14. The van der Waals surface area contributed by atoms with Gasteiger partial charge in [0.15, 0.2) is 10.8 Å². The van der Waals surface area contributed by atoms with Crippen molar-refractivity contribution in [3.05, 3.63) is 59.0 Å². The maximum absolute atomic E-state index is 12.8. The molecule has 2 heterocycles. The van der Waals surface area contributed by atoms with Crippen LogP contribution in [-0.2, 0) is 12.7 Å². The molecule has 1 aliphatic rings. The van der Waals surface area contributed by atoms with Gasteiger partial charge in [-0.05, 0) is 36.9 Å². The molecule has 0 bridgehead atoms. The molecule has 0 aliphatic heterocycles. The van der Waals surface area contributed by atoms with Crippen LogP contribution in [0.15, 0.2) is 42.0 Å². The molecule has 2 aromatic heterocycles. The van der Waals surface area contributed by atoms with E-state index in [9.17, 15) is 18.0 Å². The quantitative estimate of drug-likeness (QED) is 0.504. The van der Waals surface area contributed by atoms with E-state index < -0.39 is 11.9 Å². The topological polar surface area (TPSA) is 79.8 Å². The largest absolute Gasteiger partial charge is 0.434 e. The number of carbonyl (C=O) groups excluding carboxylic acids is 1. The number of hydrogen-bond donors (Lipinski definition) is 2. The summed E-state index contributed by atoms with van der Waals surface area (Å²) in [5.41, 5.74) is 0.603. The second-order valence-electron chi connectivity index (χ2n) is 6.61. The summed E-state index contributed by atoms with van der Waals surface area (Å²) < 4.78 is 41.6. The first-order valence-corrected chi connectivity index (χ1v) is 10.8. The van der Waals surface area contributed by atoms with E-state index >= 15 is 0 Å². The molecular weight excluding hydrogens is 435 g/mol. The number of halogens is 3. The first kappa shape index (κ1) is 20.6. The lowest BCUT2D eigenvalue weighted by Gasteiger charge is -2.08. The van der Waals surface area contributed by atoms with E-state index in [1.165, 1.54) is 42.5 Å². The van der Waals surface area contributed by atoms with Gasteiger partial charge in [-0.1, -0.05) is 12.1 Å². The number of nitrogens with zero attached hydrogens (tertiary/aromatic N) is 3. The predicted molar refractivity (Wildman–Crippen MR) is 110 cm³/mol. The van der Waals surface area contributed by atoms with Gasteiger partial charge in [0, 0.05) is 21.8 Å². The Hall–Kier alpha value is -2.66. The molecule has 0 atom stereocenters. The third kappa shape index (κ3) is 5.28. The zero-order chi connectivity index (χ0) is 21.1. The number of benzene rings is 1. The lowest BCUT2D eigenvalue weighted by atomic mass is 10.1. The molecule has 0 radical (unpaired) electrons. The lowest BCUT2D eigenvalue weighted by molar-refractivity contribution is -0.141. The molecule has 0 unspecified atom stereocenters. The van der Waals surface area contributed by atoms with E-state index in [2.05, 4.69) is 25.0 Å². The summed E-state index contributed by atoms with van der Waals surface area (Å²) in [6.45, 7) is 0.284. The molecule has 156 valence electrons. The minimum absolute atomic E-state index is 0.0864. The van der Waals surface area contributed by atoms with Gasteiger partial charge in [0.25, 0.3) is 5.91 Å². The standard InChI is InChI=1S/C19H16F3N5OS2/c20-19(21,22)16-9-23-8-15(26-16)11-1-3-12(4-2-11)17(28)24-7-13-10-29-18(25-13)27-30-14-5-6-14/h1-4,8-10,14H,5-7H2,(H,24,28)(H,25,27). The minimum atomic E-state index is -4.56. The molecule has 0 spiro atoms. The highest BCUT2D eigenvalue weighted by molar-refractivity contribution is 8.01. The van der Waals surface area contributed by atoms with E-state index in [4.69, 9.17) is 0 Å². The molecule has 2 N–H and O–H groups in total. The molecule has 1 fully saturated rings. The van der Waals surface area contributed by atoms with Gasteiger partial charge in [0.05, 0.1) is 30.3 Å². The molecular formula is C19H16F3N5OS2. The van der Waals surface area contributed by atoms with E-state index in [0.717, 1.165) is 10.8 Å². The molecule has 1 aromatic carbocycles. The maximum Gasteiger partial charge on any atom is 0.434 e. The summed E-state index contributed by atoms with van der Waals surface area (Å²) in [5.74, 6) is -0.299. The number of hydrogen-bond acceptors (Lipinski definition) is 7. The van der Waals surface area contributed by atoms with Crippen molar-refractivity contribution < 1.29 is 18.0 Å². The van der Waals surface area contributed by atoms with Gasteiger partial charge in [-0.15, -0.1) is 11.3 Å². The average molecular weight is 451 g/mol. The highest BCUT2D eigenvalue weighted by Gasteiger charge is 2.33. The van der Waals surface area contributed by atoms with Crippen LogP contribution in [0.3, 0.4) is 0 Å². The van der Waals surface area contributed by atoms with E-state index in [1.807, 2.05) is 5.38 Å². The van der Waals surface area contributed by atoms with E-state index in [0.29, 0.717) is 22.6 Å². The summed E-state index contributed by atoms with van der Waals surface area (Å²) >= 11 is 3.15. The zero-order valence-electron chi connectivity index (χ0n) is 15.4. The van der Waals surface area contributed by atoms with Gasteiger partial charge in [-0.25, -0.2) is 9.97 Å². The van der Waals surface area contributed by atoms with E-state index in [1.54, 1.807) is 24.1 Å². The van der Waals surface area contributed by atoms with Gasteiger partial charge in [-0.3, -0.25) is 9.78 Å². The van der Waals surface area contributed by atoms with Crippen molar-refractivity contribution in [3.8, 4) is 11.3 Å². The number of thiazole rings is 1. The van der Waals surface area contributed by atoms with Crippen LogP contribution in [0.1, 0.15) is 34.6 Å². The van der Waals surface area contributed by atoms with Gasteiger partial charge >= 0.3 is 6.18 Å². The Morgan fingerprint density at radius 2 is 1.93 bits per heavy atom. The summed E-state index contributed by atoms with van der Waals surface area (Å²) in [7, 11) is 0. The molecule has 30 heavy (non-hydrogen) atoms. The average Bonchev–Trinajstić information content (AvgIpc) is 3.47. The van der Waals surface area contributed by atoms with Gasteiger partial charge in [0.2, 0.25) is 0 Å². The van der Waals surface area contributed by atoms with E-state index in [-0.39, 0.29) is 18.1 Å². The Labute approximate surface area is 178 Å².